The Hall–Kier alpha value is -4.58. The molecule has 6 nitrogen and oxygen atoms in total. The highest BCUT2D eigenvalue weighted by molar-refractivity contribution is 6.13. The van der Waals surface area contributed by atoms with Gasteiger partial charge in [0.15, 0.2) is 0 Å². The Morgan fingerprint density at radius 3 is 1.24 bits per heavy atom. The van der Waals surface area contributed by atoms with Gasteiger partial charge in [-0.25, -0.2) is 0 Å². The van der Waals surface area contributed by atoms with Gasteiger partial charge in [-0.2, -0.15) is 0 Å². The minimum atomic E-state index is -0.272. The summed E-state index contributed by atoms with van der Waals surface area (Å²) >= 11 is 0. The second-order valence-corrected chi connectivity index (χ2v) is 7.46. The zero-order valence-electron chi connectivity index (χ0n) is 18.9. The molecule has 0 fully saturated rings. The summed E-state index contributed by atoms with van der Waals surface area (Å²) in [5, 5.41) is 5.82. The molecule has 0 aromatic heterocycles. The Bertz CT molecular complexity index is 1200. The van der Waals surface area contributed by atoms with Crippen LogP contribution in [0.3, 0.4) is 0 Å². The first-order chi connectivity index (χ1) is 16.6. The van der Waals surface area contributed by atoms with Crippen molar-refractivity contribution in [1.29, 1.82) is 0 Å². The Labute approximate surface area is 198 Å². The molecule has 0 bridgehead atoms. The van der Waals surface area contributed by atoms with Gasteiger partial charge in [-0.3, -0.25) is 9.59 Å². The highest BCUT2D eigenvalue weighted by Gasteiger charge is 2.18. The van der Waals surface area contributed by atoms with E-state index >= 15 is 0 Å². The molecule has 0 aliphatic heterocycles. The van der Waals surface area contributed by atoms with E-state index in [0.717, 1.165) is 0 Å². The Morgan fingerprint density at radius 1 is 0.529 bits per heavy atom. The molecule has 34 heavy (non-hydrogen) atoms. The van der Waals surface area contributed by atoms with Crippen LogP contribution < -0.4 is 20.1 Å². The number of hydrogen-bond donors (Lipinski definition) is 2. The van der Waals surface area contributed by atoms with Crippen LogP contribution in [0.4, 0.5) is 11.4 Å². The molecule has 0 saturated carbocycles. The van der Waals surface area contributed by atoms with Gasteiger partial charge in [-0.15, -0.1) is 0 Å². The molecule has 0 aliphatic rings. The van der Waals surface area contributed by atoms with Crippen molar-refractivity contribution in [3.8, 4) is 22.6 Å². The first-order valence-corrected chi connectivity index (χ1v) is 10.7. The summed E-state index contributed by atoms with van der Waals surface area (Å²) in [7, 11) is 3.18. The van der Waals surface area contributed by atoms with E-state index in [1.807, 2.05) is 24.3 Å². The van der Waals surface area contributed by atoms with Gasteiger partial charge in [0, 0.05) is 22.5 Å². The van der Waals surface area contributed by atoms with Gasteiger partial charge in [-0.1, -0.05) is 36.4 Å². The topological polar surface area (TPSA) is 76.7 Å². The number of rotatable bonds is 7. The van der Waals surface area contributed by atoms with Gasteiger partial charge in [0.2, 0.25) is 0 Å². The number of hydrogen-bond acceptors (Lipinski definition) is 4. The molecular formula is C28H24N2O4. The van der Waals surface area contributed by atoms with Gasteiger partial charge in [0.05, 0.1) is 14.2 Å². The van der Waals surface area contributed by atoms with Gasteiger partial charge in [-0.05, 0) is 71.8 Å². The lowest BCUT2D eigenvalue weighted by Crippen LogP contribution is -2.15. The molecule has 0 unspecified atom stereocenters. The molecule has 4 aromatic carbocycles. The number of carbonyl (C=O) groups excluding carboxylic acids is 2. The maximum atomic E-state index is 13.1. The number of carbonyl (C=O) groups is 2. The summed E-state index contributed by atoms with van der Waals surface area (Å²) in [5.74, 6) is 0.864. The van der Waals surface area contributed by atoms with E-state index in [4.69, 9.17) is 9.47 Å². The molecule has 4 aromatic rings. The van der Waals surface area contributed by atoms with E-state index in [1.165, 1.54) is 0 Å². The predicted molar refractivity (Wildman–Crippen MR) is 134 cm³/mol. The SMILES string of the molecule is COc1ccc(NC(=O)c2ccccc2-c2ccccc2C(=O)Nc2ccc(OC)cc2)cc1. The first-order valence-electron chi connectivity index (χ1n) is 10.7. The van der Waals surface area contributed by atoms with Crippen LogP contribution in [0, 0.1) is 0 Å². The van der Waals surface area contributed by atoms with Crippen molar-refractivity contribution < 1.29 is 19.1 Å². The molecule has 2 N–H and O–H groups in total. The predicted octanol–water partition coefficient (Wildman–Crippen LogP) is 5.88. The van der Waals surface area contributed by atoms with E-state index in [2.05, 4.69) is 10.6 Å². The zero-order valence-corrected chi connectivity index (χ0v) is 18.9. The number of methoxy groups -OCH3 is 2. The molecule has 0 saturated heterocycles. The number of anilines is 2. The Balaban J connectivity index is 1.62. The lowest BCUT2D eigenvalue weighted by molar-refractivity contribution is 0.101. The van der Waals surface area contributed by atoms with Crippen molar-refractivity contribution in [3.05, 3.63) is 108 Å². The van der Waals surface area contributed by atoms with Crippen molar-refractivity contribution in [2.45, 2.75) is 0 Å². The van der Waals surface area contributed by atoms with Crippen LogP contribution in [0.25, 0.3) is 11.1 Å². The fraction of sp³-hybridized carbons (Fsp3) is 0.0714. The molecule has 4 rings (SSSR count). The second kappa shape index (κ2) is 10.4. The smallest absolute Gasteiger partial charge is 0.256 e. The molecule has 0 atom stereocenters. The summed E-state index contributed by atoms with van der Waals surface area (Å²) in [6, 6.07) is 28.6. The lowest BCUT2D eigenvalue weighted by Gasteiger charge is -2.14. The van der Waals surface area contributed by atoms with Gasteiger partial charge in [0.25, 0.3) is 11.8 Å². The maximum absolute atomic E-state index is 13.1. The van der Waals surface area contributed by atoms with Crippen molar-refractivity contribution in [1.82, 2.24) is 0 Å². The van der Waals surface area contributed by atoms with Crippen LogP contribution in [0.15, 0.2) is 97.1 Å². The number of benzene rings is 4. The molecular weight excluding hydrogens is 428 g/mol. The average Bonchev–Trinajstić information content (AvgIpc) is 2.89. The quantitative estimate of drug-likeness (QED) is 0.367. The molecule has 0 spiro atoms. The molecule has 0 aliphatic carbocycles. The summed E-state index contributed by atoms with van der Waals surface area (Å²) in [5.41, 5.74) is 3.53. The first kappa shape index (κ1) is 22.6. The third-order valence-electron chi connectivity index (χ3n) is 5.33. The van der Waals surface area contributed by atoms with Crippen LogP contribution in [0.1, 0.15) is 20.7 Å². The van der Waals surface area contributed by atoms with Crippen LogP contribution in [-0.4, -0.2) is 26.0 Å². The minimum absolute atomic E-state index is 0.272. The monoisotopic (exact) mass is 452 g/mol. The van der Waals surface area contributed by atoms with Crippen LogP contribution in [-0.2, 0) is 0 Å². The second-order valence-electron chi connectivity index (χ2n) is 7.46. The number of nitrogens with one attached hydrogen (secondary N) is 2. The van der Waals surface area contributed by atoms with E-state index < -0.39 is 0 Å². The minimum Gasteiger partial charge on any atom is -0.497 e. The van der Waals surface area contributed by atoms with E-state index in [9.17, 15) is 9.59 Å². The summed E-state index contributed by atoms with van der Waals surface area (Å²) < 4.78 is 10.3. The maximum Gasteiger partial charge on any atom is 0.256 e. The van der Waals surface area contributed by atoms with Crippen molar-refractivity contribution in [2.75, 3.05) is 24.9 Å². The lowest BCUT2D eigenvalue weighted by atomic mass is 9.94. The highest BCUT2D eigenvalue weighted by atomic mass is 16.5. The van der Waals surface area contributed by atoms with E-state index in [-0.39, 0.29) is 11.8 Å². The summed E-state index contributed by atoms with van der Waals surface area (Å²) in [4.78, 5) is 26.3. The van der Waals surface area contributed by atoms with Crippen molar-refractivity contribution in [2.24, 2.45) is 0 Å². The summed E-state index contributed by atoms with van der Waals surface area (Å²) in [6.45, 7) is 0. The van der Waals surface area contributed by atoms with Gasteiger partial charge < -0.3 is 20.1 Å². The fourth-order valence-electron chi connectivity index (χ4n) is 3.58. The van der Waals surface area contributed by atoms with Gasteiger partial charge in [0.1, 0.15) is 11.5 Å². The summed E-state index contributed by atoms with van der Waals surface area (Å²) in [6.07, 6.45) is 0. The molecule has 0 radical (unpaired) electrons. The van der Waals surface area contributed by atoms with Crippen LogP contribution in [0.5, 0.6) is 11.5 Å². The molecule has 6 heteroatoms. The third kappa shape index (κ3) is 5.07. The van der Waals surface area contributed by atoms with E-state index in [1.54, 1.807) is 87.0 Å². The van der Waals surface area contributed by atoms with Crippen molar-refractivity contribution >= 4 is 23.2 Å². The molecule has 0 heterocycles. The molecule has 2 amide bonds. The third-order valence-corrected chi connectivity index (χ3v) is 5.33. The molecule has 170 valence electrons. The van der Waals surface area contributed by atoms with Crippen LogP contribution >= 0.6 is 0 Å². The normalized spacial score (nSPS) is 10.3. The van der Waals surface area contributed by atoms with Gasteiger partial charge >= 0.3 is 0 Å². The fourth-order valence-corrected chi connectivity index (χ4v) is 3.58. The Kier molecular flexibility index (Phi) is 6.89. The average molecular weight is 453 g/mol. The van der Waals surface area contributed by atoms with Crippen LogP contribution in [0.2, 0.25) is 0 Å². The largest absolute Gasteiger partial charge is 0.497 e. The highest BCUT2D eigenvalue weighted by Crippen LogP contribution is 2.29. The standard InChI is InChI=1S/C28H24N2O4/c1-33-21-15-11-19(12-16-21)29-27(31)25-9-5-3-7-23(25)24-8-4-6-10-26(24)28(32)30-20-13-17-22(34-2)18-14-20/h3-18H,1-2H3,(H,29,31)(H,30,32). The zero-order chi connectivity index (χ0) is 23.9. The van der Waals surface area contributed by atoms with E-state index in [0.29, 0.717) is 45.1 Å². The number of amides is 2. The Morgan fingerprint density at radius 2 is 0.882 bits per heavy atom. The number of ether oxygens (including phenoxy) is 2. The van der Waals surface area contributed by atoms with Crippen molar-refractivity contribution in [3.63, 3.8) is 0 Å².